The lowest BCUT2D eigenvalue weighted by Gasteiger charge is -2.37. The summed E-state index contributed by atoms with van der Waals surface area (Å²) in [6, 6.07) is 5.25. The molecule has 2 N–H and O–H groups in total. The SMILES string of the molecule is COc1ccc(C(=O)N2CC(CO)C3(CCNCC3)C2)c(OC)c1.Cl. The number of carbonyl (C=O) groups excluding carboxylic acids is 1. The molecule has 1 aromatic carbocycles. The number of hydrogen-bond donors (Lipinski definition) is 2. The van der Waals surface area contributed by atoms with Crippen LogP contribution in [0.15, 0.2) is 18.2 Å². The van der Waals surface area contributed by atoms with Gasteiger partial charge in [0.1, 0.15) is 11.5 Å². The first-order chi connectivity index (χ1) is 11.6. The fourth-order valence-corrected chi connectivity index (χ4v) is 4.08. The molecule has 2 fully saturated rings. The minimum absolute atomic E-state index is 0. The van der Waals surface area contributed by atoms with Crippen molar-refractivity contribution in [2.24, 2.45) is 11.3 Å². The van der Waals surface area contributed by atoms with E-state index in [4.69, 9.17) is 9.47 Å². The number of amides is 1. The Hall–Kier alpha value is -1.50. The Bertz CT molecular complexity index is 605. The van der Waals surface area contributed by atoms with Crippen molar-refractivity contribution in [1.29, 1.82) is 0 Å². The summed E-state index contributed by atoms with van der Waals surface area (Å²) in [4.78, 5) is 14.9. The first kappa shape index (κ1) is 19.8. The number of ether oxygens (including phenoxy) is 2. The molecule has 2 saturated heterocycles. The number of aliphatic hydroxyl groups excluding tert-OH is 1. The number of piperidine rings is 1. The first-order valence-electron chi connectivity index (χ1n) is 8.46. The number of aliphatic hydroxyl groups is 1. The van der Waals surface area contributed by atoms with Gasteiger partial charge in [-0.1, -0.05) is 0 Å². The molecule has 1 unspecified atom stereocenters. The third-order valence-electron chi connectivity index (χ3n) is 5.56. The smallest absolute Gasteiger partial charge is 0.257 e. The van der Waals surface area contributed by atoms with E-state index in [0.717, 1.165) is 25.9 Å². The van der Waals surface area contributed by atoms with E-state index in [1.807, 2.05) is 4.90 Å². The van der Waals surface area contributed by atoms with Crippen molar-refractivity contribution in [3.8, 4) is 11.5 Å². The van der Waals surface area contributed by atoms with E-state index in [9.17, 15) is 9.90 Å². The molecule has 0 bridgehead atoms. The standard InChI is InChI=1S/C18H26N2O4.ClH/c1-23-14-3-4-15(16(9-14)24-2)17(22)20-10-13(11-21)18(12-20)5-7-19-8-6-18;/h3-4,9,13,19,21H,5-8,10-12H2,1-2H3;1H. The van der Waals surface area contributed by atoms with Crippen molar-refractivity contribution in [3.63, 3.8) is 0 Å². The van der Waals surface area contributed by atoms with E-state index >= 15 is 0 Å². The van der Waals surface area contributed by atoms with Gasteiger partial charge in [0.05, 0.1) is 19.8 Å². The summed E-state index contributed by atoms with van der Waals surface area (Å²) >= 11 is 0. The number of nitrogens with zero attached hydrogens (tertiary/aromatic N) is 1. The van der Waals surface area contributed by atoms with Crippen molar-refractivity contribution in [1.82, 2.24) is 10.2 Å². The van der Waals surface area contributed by atoms with E-state index < -0.39 is 0 Å². The number of rotatable bonds is 4. The van der Waals surface area contributed by atoms with Gasteiger partial charge >= 0.3 is 0 Å². The van der Waals surface area contributed by atoms with Crippen LogP contribution in [-0.4, -0.2) is 62.9 Å². The van der Waals surface area contributed by atoms with Crippen LogP contribution in [0.1, 0.15) is 23.2 Å². The lowest BCUT2D eigenvalue weighted by molar-refractivity contribution is 0.0752. The number of nitrogens with one attached hydrogen (secondary N) is 1. The van der Waals surface area contributed by atoms with E-state index in [2.05, 4.69) is 5.32 Å². The highest BCUT2D eigenvalue weighted by Gasteiger charge is 2.48. The predicted octanol–water partition coefficient (Wildman–Crippen LogP) is 1.56. The zero-order valence-electron chi connectivity index (χ0n) is 14.8. The van der Waals surface area contributed by atoms with Crippen LogP contribution in [-0.2, 0) is 0 Å². The van der Waals surface area contributed by atoms with Gasteiger partial charge in [-0.3, -0.25) is 4.79 Å². The molecule has 0 aromatic heterocycles. The van der Waals surface area contributed by atoms with Crippen LogP contribution < -0.4 is 14.8 Å². The minimum atomic E-state index is -0.0386. The maximum atomic E-state index is 13.0. The first-order valence-corrected chi connectivity index (χ1v) is 8.46. The van der Waals surface area contributed by atoms with E-state index in [1.165, 1.54) is 0 Å². The fourth-order valence-electron chi connectivity index (χ4n) is 4.08. The molecule has 2 aliphatic rings. The van der Waals surface area contributed by atoms with Crippen molar-refractivity contribution < 1.29 is 19.4 Å². The summed E-state index contributed by atoms with van der Waals surface area (Å²) in [5.41, 5.74) is 0.580. The molecule has 1 atom stereocenters. The summed E-state index contributed by atoms with van der Waals surface area (Å²) < 4.78 is 10.6. The molecule has 1 aromatic rings. The Morgan fingerprint density at radius 1 is 1.32 bits per heavy atom. The lowest BCUT2D eigenvalue weighted by atomic mass is 9.71. The van der Waals surface area contributed by atoms with E-state index in [1.54, 1.807) is 32.4 Å². The van der Waals surface area contributed by atoms with Gasteiger partial charge in [0.25, 0.3) is 5.91 Å². The van der Waals surface area contributed by atoms with Crippen LogP contribution in [0.3, 0.4) is 0 Å². The molecule has 0 radical (unpaired) electrons. The lowest BCUT2D eigenvalue weighted by Crippen LogP contribution is -2.43. The molecule has 25 heavy (non-hydrogen) atoms. The summed E-state index contributed by atoms with van der Waals surface area (Å²) in [5, 5.41) is 13.2. The predicted molar refractivity (Wildman–Crippen MR) is 97.8 cm³/mol. The van der Waals surface area contributed by atoms with E-state index in [-0.39, 0.29) is 36.3 Å². The second kappa shape index (κ2) is 8.25. The highest BCUT2D eigenvalue weighted by molar-refractivity contribution is 5.97. The molecule has 1 amide bonds. The zero-order valence-corrected chi connectivity index (χ0v) is 15.6. The zero-order chi connectivity index (χ0) is 17.2. The normalized spacial score (nSPS) is 21.7. The average molecular weight is 371 g/mol. The summed E-state index contributed by atoms with van der Waals surface area (Å²) in [7, 11) is 3.14. The van der Waals surface area contributed by atoms with Crippen LogP contribution in [0.4, 0.5) is 0 Å². The fraction of sp³-hybridized carbons (Fsp3) is 0.611. The summed E-state index contributed by atoms with van der Waals surface area (Å²) in [5.74, 6) is 1.29. The molecule has 0 saturated carbocycles. The average Bonchev–Trinajstić information content (AvgIpc) is 2.98. The molecular formula is C18H27ClN2O4. The second-order valence-corrected chi connectivity index (χ2v) is 6.74. The number of carbonyl (C=O) groups is 1. The van der Waals surface area contributed by atoms with Crippen molar-refractivity contribution in [2.75, 3.05) is 47.0 Å². The molecule has 6 nitrogen and oxygen atoms in total. The Balaban J connectivity index is 0.00000225. The Labute approximate surface area is 154 Å². The monoisotopic (exact) mass is 370 g/mol. The minimum Gasteiger partial charge on any atom is -0.497 e. The van der Waals surface area contributed by atoms with Crippen molar-refractivity contribution >= 4 is 18.3 Å². The van der Waals surface area contributed by atoms with Gasteiger partial charge < -0.3 is 24.8 Å². The second-order valence-electron chi connectivity index (χ2n) is 6.74. The van der Waals surface area contributed by atoms with Gasteiger partial charge in [-0.2, -0.15) is 0 Å². The number of methoxy groups -OCH3 is 2. The highest BCUT2D eigenvalue weighted by Crippen LogP contribution is 2.43. The third-order valence-corrected chi connectivity index (χ3v) is 5.56. The third kappa shape index (κ3) is 3.71. The number of halogens is 1. The highest BCUT2D eigenvalue weighted by atomic mass is 35.5. The molecule has 2 aliphatic heterocycles. The van der Waals surface area contributed by atoms with Crippen molar-refractivity contribution in [2.45, 2.75) is 12.8 Å². The molecule has 3 rings (SSSR count). The maximum absolute atomic E-state index is 13.0. The van der Waals surface area contributed by atoms with Gasteiger partial charge in [-0.25, -0.2) is 0 Å². The largest absolute Gasteiger partial charge is 0.497 e. The number of benzene rings is 1. The Kier molecular flexibility index (Phi) is 6.54. The van der Waals surface area contributed by atoms with Gasteiger partial charge in [-0.05, 0) is 43.5 Å². The quantitative estimate of drug-likeness (QED) is 0.841. The molecular weight excluding hydrogens is 344 g/mol. The number of likely N-dealkylation sites (tertiary alicyclic amines) is 1. The van der Waals surface area contributed by atoms with Crippen LogP contribution in [0.5, 0.6) is 11.5 Å². The topological polar surface area (TPSA) is 71.0 Å². The summed E-state index contributed by atoms with van der Waals surface area (Å²) in [6.07, 6.45) is 2.00. The molecule has 2 heterocycles. The van der Waals surface area contributed by atoms with Gasteiger partial charge in [0, 0.05) is 31.7 Å². The van der Waals surface area contributed by atoms with Gasteiger partial charge in [0.15, 0.2) is 0 Å². The Morgan fingerprint density at radius 2 is 2.04 bits per heavy atom. The van der Waals surface area contributed by atoms with Gasteiger partial charge in [0.2, 0.25) is 0 Å². The molecule has 7 heteroatoms. The van der Waals surface area contributed by atoms with Crippen molar-refractivity contribution in [3.05, 3.63) is 23.8 Å². The summed E-state index contributed by atoms with van der Waals surface area (Å²) in [6.45, 7) is 3.33. The van der Waals surface area contributed by atoms with Crippen LogP contribution >= 0.6 is 12.4 Å². The van der Waals surface area contributed by atoms with Crippen LogP contribution in [0, 0.1) is 11.3 Å². The van der Waals surface area contributed by atoms with E-state index in [0.29, 0.717) is 30.2 Å². The number of hydrogen-bond acceptors (Lipinski definition) is 5. The molecule has 140 valence electrons. The van der Waals surface area contributed by atoms with Crippen LogP contribution in [0.25, 0.3) is 0 Å². The van der Waals surface area contributed by atoms with Crippen LogP contribution in [0.2, 0.25) is 0 Å². The molecule has 0 aliphatic carbocycles. The molecule has 1 spiro atoms. The Morgan fingerprint density at radius 3 is 2.64 bits per heavy atom. The van der Waals surface area contributed by atoms with Gasteiger partial charge in [-0.15, -0.1) is 12.4 Å². The maximum Gasteiger partial charge on any atom is 0.257 e.